The summed E-state index contributed by atoms with van der Waals surface area (Å²) in [5.41, 5.74) is 0.371. The molecule has 2 aromatic carbocycles. The molecule has 0 atom stereocenters. The van der Waals surface area contributed by atoms with Gasteiger partial charge in [0.1, 0.15) is 11.5 Å². The summed E-state index contributed by atoms with van der Waals surface area (Å²) < 4.78 is 56.6. The highest BCUT2D eigenvalue weighted by Gasteiger charge is 2.23. The molecule has 0 aliphatic carbocycles. The van der Waals surface area contributed by atoms with E-state index in [4.69, 9.17) is 4.42 Å². The van der Waals surface area contributed by atoms with E-state index in [2.05, 4.69) is 5.32 Å². The Hall–Kier alpha value is -2.95. The van der Waals surface area contributed by atoms with E-state index in [0.717, 1.165) is 0 Å². The van der Waals surface area contributed by atoms with Gasteiger partial charge in [0, 0.05) is 18.8 Å². The number of hydrogen-bond donors (Lipinski definition) is 1. The number of rotatable bonds is 8. The number of anilines is 1. The standard InChI is InChI=1S/C22H24N2O6S2/c1-16(2)24(3)32(28,29)20-12-9-17(10-13-20)23-22(25)21-14-11-18(30-21)15-31(26,27)19-7-5-4-6-8-19/h4-14,16H,15H2,1-3H3,(H,23,25). The third kappa shape index (κ3) is 5.26. The van der Waals surface area contributed by atoms with E-state index in [1.807, 2.05) is 0 Å². The van der Waals surface area contributed by atoms with Gasteiger partial charge in [-0.2, -0.15) is 4.31 Å². The van der Waals surface area contributed by atoms with Gasteiger partial charge in [-0.3, -0.25) is 4.79 Å². The summed E-state index contributed by atoms with van der Waals surface area (Å²) >= 11 is 0. The first kappa shape index (κ1) is 23.7. The number of carbonyl (C=O) groups is 1. The number of benzene rings is 2. The fourth-order valence-corrected chi connectivity index (χ4v) is 5.46. The van der Waals surface area contributed by atoms with Crippen LogP contribution in [0.2, 0.25) is 0 Å². The molecule has 3 aromatic rings. The predicted molar refractivity (Wildman–Crippen MR) is 121 cm³/mol. The van der Waals surface area contributed by atoms with Crippen LogP contribution in [-0.4, -0.2) is 40.1 Å². The minimum Gasteiger partial charge on any atom is -0.455 e. The van der Waals surface area contributed by atoms with Crippen molar-refractivity contribution in [1.29, 1.82) is 0 Å². The van der Waals surface area contributed by atoms with Crippen molar-refractivity contribution in [3.8, 4) is 0 Å². The zero-order valence-electron chi connectivity index (χ0n) is 17.8. The third-order valence-corrected chi connectivity index (χ3v) is 8.54. The average molecular weight is 477 g/mol. The molecule has 0 saturated carbocycles. The normalized spacial score (nSPS) is 12.3. The molecule has 0 fully saturated rings. The number of furan rings is 1. The second-order valence-electron chi connectivity index (χ2n) is 7.43. The lowest BCUT2D eigenvalue weighted by Crippen LogP contribution is -2.33. The van der Waals surface area contributed by atoms with E-state index in [9.17, 15) is 21.6 Å². The predicted octanol–water partition coefficient (Wildman–Crippen LogP) is 3.53. The fraction of sp³-hybridized carbons (Fsp3) is 0.227. The second kappa shape index (κ2) is 9.27. The summed E-state index contributed by atoms with van der Waals surface area (Å²) in [6.45, 7) is 3.55. The Bertz CT molecular complexity index is 1300. The SMILES string of the molecule is CC(C)N(C)S(=O)(=O)c1ccc(NC(=O)c2ccc(CS(=O)(=O)c3ccccc3)o2)cc1. The van der Waals surface area contributed by atoms with E-state index in [1.165, 1.54) is 59.9 Å². The number of carbonyl (C=O) groups excluding carboxylic acids is 1. The zero-order valence-corrected chi connectivity index (χ0v) is 19.5. The molecule has 3 rings (SSSR count). The average Bonchev–Trinajstić information content (AvgIpc) is 3.22. The Morgan fingerprint density at radius 3 is 2.12 bits per heavy atom. The van der Waals surface area contributed by atoms with Gasteiger partial charge >= 0.3 is 0 Å². The van der Waals surface area contributed by atoms with Crippen molar-refractivity contribution >= 4 is 31.5 Å². The van der Waals surface area contributed by atoms with Gasteiger partial charge in [0.15, 0.2) is 15.6 Å². The van der Waals surface area contributed by atoms with Crippen LogP contribution in [0.25, 0.3) is 0 Å². The van der Waals surface area contributed by atoms with Crippen LogP contribution in [-0.2, 0) is 25.6 Å². The lowest BCUT2D eigenvalue weighted by molar-refractivity contribution is 0.0995. The molecule has 1 heterocycles. The largest absolute Gasteiger partial charge is 0.455 e. The minimum absolute atomic E-state index is 0.0560. The molecule has 0 unspecified atom stereocenters. The Morgan fingerprint density at radius 2 is 1.53 bits per heavy atom. The lowest BCUT2D eigenvalue weighted by Gasteiger charge is -2.21. The number of sulfone groups is 1. The Labute approximate surface area is 187 Å². The maximum Gasteiger partial charge on any atom is 0.291 e. The van der Waals surface area contributed by atoms with Crippen molar-refractivity contribution in [3.63, 3.8) is 0 Å². The topological polar surface area (TPSA) is 114 Å². The maximum absolute atomic E-state index is 12.5. The molecule has 1 N–H and O–H groups in total. The Morgan fingerprint density at radius 1 is 0.906 bits per heavy atom. The summed E-state index contributed by atoms with van der Waals surface area (Å²) in [6.07, 6.45) is 0. The van der Waals surface area contributed by atoms with Crippen molar-refractivity contribution in [2.24, 2.45) is 0 Å². The van der Waals surface area contributed by atoms with Crippen LogP contribution >= 0.6 is 0 Å². The zero-order chi connectivity index (χ0) is 23.5. The van der Waals surface area contributed by atoms with E-state index in [-0.39, 0.29) is 33.1 Å². The molecule has 170 valence electrons. The highest BCUT2D eigenvalue weighted by atomic mass is 32.2. The van der Waals surface area contributed by atoms with Crippen LogP contribution in [0.5, 0.6) is 0 Å². The third-order valence-electron chi connectivity index (χ3n) is 4.84. The molecular formula is C22H24N2O6S2. The summed E-state index contributed by atoms with van der Waals surface area (Å²) in [6, 6.07) is 16.4. The molecule has 0 aliphatic heterocycles. The number of nitrogens with zero attached hydrogens (tertiary/aromatic N) is 1. The second-order valence-corrected chi connectivity index (χ2v) is 11.4. The minimum atomic E-state index is -3.63. The van der Waals surface area contributed by atoms with Gasteiger partial charge in [-0.1, -0.05) is 18.2 Å². The molecule has 32 heavy (non-hydrogen) atoms. The molecule has 0 spiro atoms. The summed E-state index contributed by atoms with van der Waals surface area (Å²) in [5, 5.41) is 2.61. The molecule has 10 heteroatoms. The highest BCUT2D eigenvalue weighted by Crippen LogP contribution is 2.21. The Balaban J connectivity index is 1.69. The number of amides is 1. The molecule has 0 saturated heterocycles. The molecule has 8 nitrogen and oxygen atoms in total. The lowest BCUT2D eigenvalue weighted by atomic mass is 10.3. The molecular weight excluding hydrogens is 452 g/mol. The van der Waals surface area contributed by atoms with E-state index < -0.39 is 25.8 Å². The van der Waals surface area contributed by atoms with Crippen LogP contribution in [0.4, 0.5) is 5.69 Å². The van der Waals surface area contributed by atoms with E-state index in [1.54, 1.807) is 32.0 Å². The molecule has 1 aromatic heterocycles. The van der Waals surface area contributed by atoms with Crippen LogP contribution in [0.1, 0.15) is 30.2 Å². The van der Waals surface area contributed by atoms with Gasteiger partial charge in [0.25, 0.3) is 5.91 Å². The van der Waals surface area contributed by atoms with Gasteiger partial charge in [-0.15, -0.1) is 0 Å². The van der Waals surface area contributed by atoms with Gasteiger partial charge in [0.05, 0.1) is 9.79 Å². The van der Waals surface area contributed by atoms with E-state index in [0.29, 0.717) is 5.69 Å². The Kier molecular flexibility index (Phi) is 6.87. The fourth-order valence-electron chi connectivity index (χ4n) is 2.82. The van der Waals surface area contributed by atoms with Crippen LogP contribution in [0.3, 0.4) is 0 Å². The molecule has 0 radical (unpaired) electrons. The van der Waals surface area contributed by atoms with Crippen LogP contribution < -0.4 is 5.32 Å². The first-order valence-corrected chi connectivity index (χ1v) is 12.9. The van der Waals surface area contributed by atoms with Crippen molar-refractivity contribution in [1.82, 2.24) is 4.31 Å². The summed E-state index contributed by atoms with van der Waals surface area (Å²) in [4.78, 5) is 12.7. The molecule has 0 bridgehead atoms. The quantitative estimate of drug-likeness (QED) is 0.532. The molecule has 0 aliphatic rings. The van der Waals surface area contributed by atoms with Crippen LogP contribution in [0, 0.1) is 0 Å². The van der Waals surface area contributed by atoms with Crippen molar-refractivity contribution < 1.29 is 26.0 Å². The number of sulfonamides is 1. The van der Waals surface area contributed by atoms with Gasteiger partial charge < -0.3 is 9.73 Å². The summed E-state index contributed by atoms with van der Waals surface area (Å²) in [7, 11) is -5.73. The van der Waals surface area contributed by atoms with Gasteiger partial charge in [0.2, 0.25) is 10.0 Å². The van der Waals surface area contributed by atoms with Crippen molar-refractivity contribution in [3.05, 3.63) is 78.3 Å². The maximum atomic E-state index is 12.5. The first-order chi connectivity index (χ1) is 15.0. The highest BCUT2D eigenvalue weighted by molar-refractivity contribution is 7.90. The molecule has 1 amide bonds. The summed E-state index contributed by atoms with van der Waals surface area (Å²) in [5.74, 6) is -0.875. The van der Waals surface area contributed by atoms with Crippen molar-refractivity contribution in [2.45, 2.75) is 35.4 Å². The van der Waals surface area contributed by atoms with Crippen molar-refractivity contribution in [2.75, 3.05) is 12.4 Å². The van der Waals surface area contributed by atoms with Crippen LogP contribution in [0.15, 0.2) is 80.9 Å². The monoisotopic (exact) mass is 476 g/mol. The first-order valence-electron chi connectivity index (χ1n) is 9.76. The van der Waals surface area contributed by atoms with Gasteiger partial charge in [-0.25, -0.2) is 16.8 Å². The number of nitrogens with one attached hydrogen (secondary N) is 1. The smallest absolute Gasteiger partial charge is 0.291 e. The van der Waals surface area contributed by atoms with E-state index >= 15 is 0 Å². The van der Waals surface area contributed by atoms with Gasteiger partial charge in [-0.05, 0) is 62.4 Å². The number of hydrogen-bond acceptors (Lipinski definition) is 6.